The third-order valence-corrected chi connectivity index (χ3v) is 2.56. The number of nitrogens with one attached hydrogen (secondary N) is 1. The van der Waals surface area contributed by atoms with E-state index < -0.39 is 0 Å². The normalized spacial score (nSPS) is 15.9. The van der Waals surface area contributed by atoms with Gasteiger partial charge in [0, 0.05) is 25.6 Å². The Labute approximate surface area is 103 Å². The van der Waals surface area contributed by atoms with Crippen LogP contribution in [-0.2, 0) is 6.54 Å². The lowest BCUT2D eigenvalue weighted by Crippen LogP contribution is -2.27. The van der Waals surface area contributed by atoms with Gasteiger partial charge < -0.3 is 0 Å². The lowest BCUT2D eigenvalue weighted by molar-refractivity contribution is 0.366. The molecule has 0 atom stereocenters. The Balaban J connectivity index is 1.86. The molecule has 1 aliphatic rings. The number of hydrogen-bond donors (Lipinski definition) is 1. The van der Waals surface area contributed by atoms with Gasteiger partial charge in [-0.25, -0.2) is 0 Å². The molecule has 1 saturated carbocycles. The van der Waals surface area contributed by atoms with Crippen molar-refractivity contribution < 1.29 is 0 Å². The van der Waals surface area contributed by atoms with Gasteiger partial charge in [-0.1, -0.05) is 0 Å². The van der Waals surface area contributed by atoms with Crippen LogP contribution >= 0.6 is 0 Å². The average Bonchev–Trinajstić information content (AvgIpc) is 3.10. The molecule has 0 spiro atoms. The van der Waals surface area contributed by atoms with Gasteiger partial charge in [-0.3, -0.25) is 20.2 Å². The lowest BCUT2D eigenvalue weighted by Gasteiger charge is -2.10. The molecule has 1 aromatic rings. The summed E-state index contributed by atoms with van der Waals surface area (Å²) in [4.78, 5) is 10.9. The van der Waals surface area contributed by atoms with E-state index in [2.05, 4.69) is 26.3 Å². The Morgan fingerprint density at radius 3 is 3.06 bits per heavy atom. The minimum absolute atomic E-state index is 0.582. The highest BCUT2D eigenvalue weighted by Crippen LogP contribution is 2.23. The molecule has 0 unspecified atom stereocenters. The highest BCUT2D eigenvalue weighted by Gasteiger charge is 2.18. The highest BCUT2D eigenvalue weighted by molar-refractivity contribution is 5.79. The molecule has 0 bridgehead atoms. The molecule has 0 aromatic carbocycles. The van der Waals surface area contributed by atoms with Crippen molar-refractivity contribution >= 4 is 6.21 Å². The third kappa shape index (κ3) is 4.63. The van der Waals surface area contributed by atoms with Crippen LogP contribution in [-0.4, -0.2) is 42.9 Å². The molecule has 1 heterocycles. The van der Waals surface area contributed by atoms with Gasteiger partial charge in [0.25, 0.3) is 0 Å². The van der Waals surface area contributed by atoms with E-state index in [0.29, 0.717) is 6.04 Å². The number of hydrogen-bond acceptors (Lipinski definition) is 4. The van der Waals surface area contributed by atoms with Crippen molar-refractivity contribution in [3.05, 3.63) is 29.6 Å². The van der Waals surface area contributed by atoms with Crippen LogP contribution in [0.1, 0.15) is 24.1 Å². The molecule has 92 valence electrons. The zero-order valence-electron chi connectivity index (χ0n) is 10.6. The molecule has 0 saturated heterocycles. The van der Waals surface area contributed by atoms with Gasteiger partial charge in [0.05, 0.1) is 11.7 Å². The molecule has 0 amide bonds. The van der Waals surface area contributed by atoms with E-state index in [1.807, 2.05) is 32.6 Å². The predicted molar refractivity (Wildman–Crippen MR) is 70.2 cm³/mol. The summed E-state index contributed by atoms with van der Waals surface area (Å²) in [6.07, 6.45) is 6.31. The Hall–Kier alpha value is -1.26. The second-order valence-corrected chi connectivity index (χ2v) is 4.75. The van der Waals surface area contributed by atoms with Crippen LogP contribution in [0, 0.1) is 0 Å². The summed E-state index contributed by atoms with van der Waals surface area (Å²) in [5, 5.41) is 3.32. The van der Waals surface area contributed by atoms with Crippen LogP contribution in [0.25, 0.3) is 0 Å². The molecular weight excluding hydrogens is 212 g/mol. The van der Waals surface area contributed by atoms with Crippen molar-refractivity contribution in [1.29, 1.82) is 0 Å². The largest absolute Gasteiger partial charge is 0.299 e. The van der Waals surface area contributed by atoms with Gasteiger partial charge in [0.2, 0.25) is 0 Å². The van der Waals surface area contributed by atoms with Gasteiger partial charge in [0.15, 0.2) is 0 Å². The van der Waals surface area contributed by atoms with Crippen LogP contribution in [0.3, 0.4) is 0 Å². The molecule has 0 radical (unpaired) electrons. The number of aromatic nitrogens is 1. The number of nitrogens with zero attached hydrogens (tertiary/aromatic N) is 3. The third-order valence-electron chi connectivity index (χ3n) is 2.56. The number of pyridine rings is 1. The molecule has 1 N–H and O–H groups in total. The van der Waals surface area contributed by atoms with Crippen LogP contribution in [0.15, 0.2) is 23.3 Å². The van der Waals surface area contributed by atoms with E-state index >= 15 is 0 Å². The summed E-state index contributed by atoms with van der Waals surface area (Å²) in [7, 11) is 4.08. The van der Waals surface area contributed by atoms with E-state index in [0.717, 1.165) is 24.5 Å². The van der Waals surface area contributed by atoms with E-state index in [1.165, 1.54) is 12.8 Å². The van der Waals surface area contributed by atoms with E-state index in [4.69, 9.17) is 0 Å². The molecule has 1 aromatic heterocycles. The predicted octanol–water partition coefficient (Wildman–Crippen LogP) is 1.27. The Bertz CT molecular complexity index is 383. The minimum atomic E-state index is 0.582. The van der Waals surface area contributed by atoms with Crippen molar-refractivity contribution in [2.75, 3.05) is 20.8 Å². The fourth-order valence-corrected chi connectivity index (χ4v) is 1.50. The first-order valence-electron chi connectivity index (χ1n) is 6.07. The lowest BCUT2D eigenvalue weighted by atomic mass is 10.2. The first-order valence-corrected chi connectivity index (χ1v) is 6.07. The van der Waals surface area contributed by atoms with E-state index in [9.17, 15) is 0 Å². The molecule has 4 nitrogen and oxygen atoms in total. The highest BCUT2D eigenvalue weighted by atomic mass is 15.2. The minimum Gasteiger partial charge on any atom is -0.299 e. The maximum absolute atomic E-state index is 4.47. The summed E-state index contributed by atoms with van der Waals surface area (Å²) in [6.45, 7) is 1.66. The van der Waals surface area contributed by atoms with Crippen molar-refractivity contribution in [3.8, 4) is 0 Å². The van der Waals surface area contributed by atoms with Gasteiger partial charge in [-0.05, 0) is 44.6 Å². The maximum atomic E-state index is 4.47. The Kier molecular flexibility index (Phi) is 4.23. The fraction of sp³-hybridized carbons (Fsp3) is 0.538. The Morgan fingerprint density at radius 2 is 2.35 bits per heavy atom. The topological polar surface area (TPSA) is 40.5 Å². The molecule has 4 heteroatoms. The van der Waals surface area contributed by atoms with Crippen LogP contribution < -0.4 is 5.32 Å². The van der Waals surface area contributed by atoms with Gasteiger partial charge in [0.1, 0.15) is 0 Å². The molecule has 1 aliphatic carbocycles. The molecule has 1 fully saturated rings. The second-order valence-electron chi connectivity index (χ2n) is 4.75. The van der Waals surface area contributed by atoms with E-state index in [1.54, 1.807) is 0 Å². The van der Waals surface area contributed by atoms with Crippen molar-refractivity contribution in [2.45, 2.75) is 25.4 Å². The summed E-state index contributed by atoms with van der Waals surface area (Å²) >= 11 is 0. The van der Waals surface area contributed by atoms with Crippen LogP contribution in [0.2, 0.25) is 0 Å². The summed E-state index contributed by atoms with van der Waals surface area (Å²) in [5.74, 6) is 0. The fourth-order valence-electron chi connectivity index (χ4n) is 1.50. The zero-order chi connectivity index (χ0) is 12.1. The first-order chi connectivity index (χ1) is 8.24. The quantitative estimate of drug-likeness (QED) is 0.593. The smallest absolute Gasteiger partial charge is 0.0548 e. The molecular formula is C13H20N4. The summed E-state index contributed by atoms with van der Waals surface area (Å²) in [5.41, 5.74) is 2.21. The van der Waals surface area contributed by atoms with Gasteiger partial charge in [-0.15, -0.1) is 0 Å². The zero-order valence-corrected chi connectivity index (χ0v) is 10.6. The van der Waals surface area contributed by atoms with Gasteiger partial charge >= 0.3 is 0 Å². The molecule has 0 aliphatic heterocycles. The number of rotatable bonds is 6. The van der Waals surface area contributed by atoms with Crippen molar-refractivity contribution in [1.82, 2.24) is 15.2 Å². The van der Waals surface area contributed by atoms with Crippen molar-refractivity contribution in [2.24, 2.45) is 4.99 Å². The standard InChI is InChI=1S/C13H20N4/c1-17(2)10-14-9-13-7-11(5-6-15-13)8-16-12-3-4-12/h5-8,12,14H,3-4,9-10H2,1-2H3/b16-8-. The molecule has 17 heavy (non-hydrogen) atoms. The second kappa shape index (κ2) is 5.89. The van der Waals surface area contributed by atoms with Gasteiger partial charge in [-0.2, -0.15) is 0 Å². The van der Waals surface area contributed by atoms with E-state index in [-0.39, 0.29) is 0 Å². The SMILES string of the molecule is CN(C)CNCc1cc(/C=N\C2CC2)ccn1. The monoisotopic (exact) mass is 232 g/mol. The first kappa shape index (κ1) is 12.2. The maximum Gasteiger partial charge on any atom is 0.0548 e. The average molecular weight is 232 g/mol. The number of aliphatic imine (C=N–C) groups is 1. The van der Waals surface area contributed by atoms with Crippen LogP contribution in [0.4, 0.5) is 0 Å². The summed E-state index contributed by atoms with van der Waals surface area (Å²) in [6, 6.07) is 4.68. The van der Waals surface area contributed by atoms with Crippen molar-refractivity contribution in [3.63, 3.8) is 0 Å². The molecule has 2 rings (SSSR count). The Morgan fingerprint density at radius 1 is 1.53 bits per heavy atom. The summed E-state index contributed by atoms with van der Waals surface area (Å²) < 4.78 is 0. The van der Waals surface area contributed by atoms with Crippen LogP contribution in [0.5, 0.6) is 0 Å².